The van der Waals surface area contributed by atoms with E-state index in [0.717, 1.165) is 21.5 Å². The first kappa shape index (κ1) is 24.7. The fourth-order valence-corrected chi connectivity index (χ4v) is 3.22. The number of carbonyl (C=O) groups is 4. The number of aromatic nitrogens is 1. The van der Waals surface area contributed by atoms with Gasteiger partial charge in [-0.2, -0.15) is 0 Å². The lowest BCUT2D eigenvalue weighted by Gasteiger charge is -2.30. The third-order valence-electron chi connectivity index (χ3n) is 4.63. The lowest BCUT2D eigenvalue weighted by molar-refractivity contribution is -0.153. The number of rotatable bonds is 9. The highest BCUT2D eigenvalue weighted by Gasteiger charge is 2.32. The van der Waals surface area contributed by atoms with Gasteiger partial charge in [0, 0.05) is 29.9 Å². The summed E-state index contributed by atoms with van der Waals surface area (Å²) in [5, 5.41) is 20.2. The molecule has 0 aliphatic heterocycles. The molecule has 1 heterocycles. The molecule has 0 unspecified atom stereocenters. The Hall–Kier alpha value is -3.56. The van der Waals surface area contributed by atoms with Crippen molar-refractivity contribution in [3.8, 4) is 0 Å². The van der Waals surface area contributed by atoms with Crippen LogP contribution in [0.25, 0.3) is 10.9 Å². The first-order chi connectivity index (χ1) is 15.0. The molecule has 0 radical (unpaired) electrons. The summed E-state index contributed by atoms with van der Waals surface area (Å²) < 4.78 is 5.16. The molecule has 4 N–H and O–H groups in total. The van der Waals surface area contributed by atoms with Crippen molar-refractivity contribution in [1.82, 2.24) is 15.4 Å². The standard InChI is InChI=1S/C22H29N3O7/c1-22(2,3)32-21(31)24-25(17(20(29)30)9-6-10-19(27)28)18(26)12-11-14-13-23-16-8-5-4-7-15(14)16/h4-5,7-8,13,17,23H,6,9-12H2,1-3H3,(H,24,31)(H,27,28)(H,29,30)/t17-/m1/s1. The normalized spacial score (nSPS) is 12.2. The summed E-state index contributed by atoms with van der Waals surface area (Å²) in [6.07, 6.45) is 0.683. The van der Waals surface area contributed by atoms with Gasteiger partial charge in [0.1, 0.15) is 5.60 Å². The zero-order chi connectivity index (χ0) is 23.9. The van der Waals surface area contributed by atoms with Gasteiger partial charge in [-0.05, 0) is 51.7 Å². The van der Waals surface area contributed by atoms with Crippen LogP contribution in [-0.2, 0) is 25.5 Å². The Labute approximate surface area is 185 Å². The van der Waals surface area contributed by atoms with Gasteiger partial charge in [-0.1, -0.05) is 18.2 Å². The number of hydrogen-bond acceptors (Lipinski definition) is 5. The van der Waals surface area contributed by atoms with Crippen LogP contribution in [0.15, 0.2) is 30.5 Å². The number of ether oxygens (including phenoxy) is 1. The number of amides is 2. The number of benzene rings is 1. The minimum atomic E-state index is -1.43. The van der Waals surface area contributed by atoms with E-state index in [0.29, 0.717) is 6.42 Å². The average molecular weight is 447 g/mol. The Morgan fingerprint density at radius 1 is 1.12 bits per heavy atom. The zero-order valence-electron chi connectivity index (χ0n) is 18.4. The second kappa shape index (κ2) is 10.7. The van der Waals surface area contributed by atoms with Crippen molar-refractivity contribution in [1.29, 1.82) is 0 Å². The number of carboxylic acids is 2. The van der Waals surface area contributed by atoms with Crippen LogP contribution in [-0.4, -0.2) is 55.8 Å². The predicted molar refractivity (Wildman–Crippen MR) is 116 cm³/mol. The number of aryl methyl sites for hydroxylation is 1. The van der Waals surface area contributed by atoms with E-state index in [9.17, 15) is 24.3 Å². The van der Waals surface area contributed by atoms with Gasteiger partial charge in [0.25, 0.3) is 0 Å². The summed E-state index contributed by atoms with van der Waals surface area (Å²) in [6, 6.07) is 6.14. The predicted octanol–water partition coefficient (Wildman–Crippen LogP) is 3.08. The number of hydrogen-bond donors (Lipinski definition) is 4. The van der Waals surface area contributed by atoms with Gasteiger partial charge in [-0.3, -0.25) is 9.59 Å². The van der Waals surface area contributed by atoms with Gasteiger partial charge >= 0.3 is 18.0 Å². The highest BCUT2D eigenvalue weighted by molar-refractivity contribution is 5.87. The molecule has 2 rings (SSSR count). The summed E-state index contributed by atoms with van der Waals surface area (Å²) in [4.78, 5) is 51.0. The van der Waals surface area contributed by atoms with Crippen molar-refractivity contribution in [3.05, 3.63) is 36.0 Å². The number of nitrogens with zero attached hydrogens (tertiary/aromatic N) is 1. The van der Waals surface area contributed by atoms with E-state index >= 15 is 0 Å². The minimum Gasteiger partial charge on any atom is -0.481 e. The topological polar surface area (TPSA) is 149 Å². The molecule has 0 aliphatic carbocycles. The molecule has 0 saturated heterocycles. The van der Waals surface area contributed by atoms with E-state index in [1.807, 2.05) is 24.3 Å². The summed E-state index contributed by atoms with van der Waals surface area (Å²) in [5.41, 5.74) is 3.18. The first-order valence-electron chi connectivity index (χ1n) is 10.3. The lowest BCUT2D eigenvalue weighted by Crippen LogP contribution is -2.55. The molecular weight excluding hydrogens is 418 g/mol. The van der Waals surface area contributed by atoms with Crippen LogP contribution in [0.4, 0.5) is 4.79 Å². The number of carbonyl (C=O) groups excluding carboxylic acids is 2. The van der Waals surface area contributed by atoms with E-state index in [1.165, 1.54) is 0 Å². The van der Waals surface area contributed by atoms with Crippen molar-refractivity contribution >= 4 is 34.8 Å². The Balaban J connectivity index is 2.18. The second-order valence-electron chi connectivity index (χ2n) is 8.38. The summed E-state index contributed by atoms with van der Waals surface area (Å²) in [7, 11) is 0. The van der Waals surface area contributed by atoms with Crippen LogP contribution in [0, 0.1) is 0 Å². The maximum absolute atomic E-state index is 13.0. The van der Waals surface area contributed by atoms with Crippen LogP contribution in [0.2, 0.25) is 0 Å². The Morgan fingerprint density at radius 2 is 1.81 bits per heavy atom. The molecule has 2 aromatic rings. The van der Waals surface area contributed by atoms with Crippen LogP contribution in [0.5, 0.6) is 0 Å². The fourth-order valence-electron chi connectivity index (χ4n) is 3.22. The number of carboxylic acid groups (broad SMARTS) is 2. The van der Waals surface area contributed by atoms with Crippen molar-refractivity contribution in [3.63, 3.8) is 0 Å². The Bertz CT molecular complexity index is 977. The first-order valence-corrected chi connectivity index (χ1v) is 10.3. The summed E-state index contributed by atoms with van der Waals surface area (Å²) in [5.74, 6) is -3.05. The van der Waals surface area contributed by atoms with Gasteiger partial charge in [-0.25, -0.2) is 20.0 Å². The van der Waals surface area contributed by atoms with Crippen LogP contribution >= 0.6 is 0 Å². The van der Waals surface area contributed by atoms with Gasteiger partial charge in [0.05, 0.1) is 0 Å². The number of aliphatic carboxylic acids is 2. The molecule has 10 heteroatoms. The fraction of sp³-hybridized carbons (Fsp3) is 0.455. The summed E-state index contributed by atoms with van der Waals surface area (Å²) >= 11 is 0. The number of nitrogens with one attached hydrogen (secondary N) is 2. The van der Waals surface area contributed by atoms with Crippen LogP contribution in [0.1, 0.15) is 52.0 Å². The molecule has 10 nitrogen and oxygen atoms in total. The lowest BCUT2D eigenvalue weighted by atomic mass is 10.1. The molecule has 0 aliphatic rings. The highest BCUT2D eigenvalue weighted by Crippen LogP contribution is 2.20. The molecule has 1 aromatic carbocycles. The van der Waals surface area contributed by atoms with Gasteiger partial charge in [0.2, 0.25) is 5.91 Å². The van der Waals surface area contributed by atoms with Crippen LogP contribution < -0.4 is 5.43 Å². The summed E-state index contributed by atoms with van der Waals surface area (Å²) in [6.45, 7) is 4.91. The molecular formula is C22H29N3O7. The van der Waals surface area contributed by atoms with Gasteiger partial charge in [0.15, 0.2) is 6.04 Å². The molecule has 1 aromatic heterocycles. The minimum absolute atomic E-state index is 0.0223. The second-order valence-corrected chi connectivity index (χ2v) is 8.38. The number of H-pyrrole nitrogens is 1. The molecule has 32 heavy (non-hydrogen) atoms. The number of para-hydroxylation sites is 1. The molecule has 174 valence electrons. The van der Waals surface area contributed by atoms with Crippen molar-refractivity contribution in [2.45, 2.75) is 64.5 Å². The van der Waals surface area contributed by atoms with E-state index in [-0.39, 0.29) is 25.7 Å². The smallest absolute Gasteiger partial charge is 0.426 e. The molecule has 0 spiro atoms. The maximum Gasteiger partial charge on any atom is 0.426 e. The SMILES string of the molecule is CC(C)(C)OC(=O)NN(C(=O)CCc1c[nH]c2ccccc12)[C@H](CCCC(=O)O)C(=O)O. The van der Waals surface area contributed by atoms with E-state index in [4.69, 9.17) is 9.84 Å². The number of hydrazine groups is 1. The van der Waals surface area contributed by atoms with Gasteiger partial charge in [-0.15, -0.1) is 0 Å². The number of aromatic amines is 1. The molecule has 0 bridgehead atoms. The number of fused-ring (bicyclic) bond motifs is 1. The van der Waals surface area contributed by atoms with E-state index < -0.39 is 35.6 Å². The average Bonchev–Trinajstić information content (AvgIpc) is 3.09. The largest absolute Gasteiger partial charge is 0.481 e. The van der Waals surface area contributed by atoms with E-state index in [2.05, 4.69) is 10.4 Å². The quantitative estimate of drug-likeness (QED) is 0.432. The monoisotopic (exact) mass is 447 g/mol. The van der Waals surface area contributed by atoms with Gasteiger partial charge < -0.3 is 19.9 Å². The van der Waals surface area contributed by atoms with Crippen LogP contribution in [0.3, 0.4) is 0 Å². The third-order valence-corrected chi connectivity index (χ3v) is 4.63. The molecule has 0 saturated carbocycles. The molecule has 0 fully saturated rings. The maximum atomic E-state index is 13.0. The van der Waals surface area contributed by atoms with Crippen molar-refractivity contribution in [2.24, 2.45) is 0 Å². The Kier molecular flexibility index (Phi) is 8.22. The third kappa shape index (κ3) is 7.29. The molecule has 1 atom stereocenters. The van der Waals surface area contributed by atoms with E-state index in [1.54, 1.807) is 27.0 Å². The molecule has 2 amide bonds. The zero-order valence-corrected chi connectivity index (χ0v) is 18.4. The Morgan fingerprint density at radius 3 is 2.44 bits per heavy atom. The highest BCUT2D eigenvalue weighted by atomic mass is 16.6. The van der Waals surface area contributed by atoms with Crippen molar-refractivity contribution < 1.29 is 34.1 Å². The van der Waals surface area contributed by atoms with Crippen molar-refractivity contribution in [2.75, 3.05) is 0 Å².